The van der Waals surface area contributed by atoms with Crippen LogP contribution in [0.1, 0.15) is 9.88 Å². The van der Waals surface area contributed by atoms with Gasteiger partial charge in [0.05, 0.1) is 21.3 Å². The van der Waals surface area contributed by atoms with Crippen LogP contribution in [-0.4, -0.2) is 13.4 Å². The standard InChI is InChI=1S/C15H12F2N2O2S3/c1-8-15(6-14(23-8)13-7-22-9(2)18-13)24(20,21)19-12-4-10(16)3-11(17)5-12/h3-7,19H,1-2H3. The summed E-state index contributed by atoms with van der Waals surface area (Å²) in [5.41, 5.74) is 0.549. The molecule has 9 heteroatoms. The van der Waals surface area contributed by atoms with Crippen LogP contribution < -0.4 is 4.72 Å². The number of rotatable bonds is 4. The number of thiophene rings is 1. The quantitative estimate of drug-likeness (QED) is 0.715. The number of hydrogen-bond donors (Lipinski definition) is 1. The Bertz CT molecular complexity index is 989. The minimum absolute atomic E-state index is 0.0674. The first kappa shape index (κ1) is 17.0. The Morgan fingerprint density at radius 2 is 1.75 bits per heavy atom. The van der Waals surface area contributed by atoms with Crippen molar-refractivity contribution in [3.63, 3.8) is 0 Å². The lowest BCUT2D eigenvalue weighted by molar-refractivity contribution is 0.584. The molecule has 0 saturated heterocycles. The summed E-state index contributed by atoms with van der Waals surface area (Å²) in [6, 6.07) is 4.04. The Labute approximate surface area is 145 Å². The molecule has 126 valence electrons. The molecule has 0 aliphatic carbocycles. The van der Waals surface area contributed by atoms with E-state index in [1.807, 2.05) is 12.3 Å². The molecule has 2 aromatic heterocycles. The molecule has 0 spiro atoms. The van der Waals surface area contributed by atoms with Crippen molar-refractivity contribution >= 4 is 38.4 Å². The monoisotopic (exact) mass is 386 g/mol. The normalized spacial score (nSPS) is 11.7. The molecule has 0 aliphatic heterocycles. The van der Waals surface area contributed by atoms with Gasteiger partial charge in [-0.3, -0.25) is 4.72 Å². The van der Waals surface area contributed by atoms with E-state index < -0.39 is 21.7 Å². The van der Waals surface area contributed by atoms with Crippen molar-refractivity contribution in [2.24, 2.45) is 0 Å². The van der Waals surface area contributed by atoms with E-state index >= 15 is 0 Å². The van der Waals surface area contributed by atoms with Crippen molar-refractivity contribution in [1.29, 1.82) is 0 Å². The summed E-state index contributed by atoms with van der Waals surface area (Å²) in [5, 5.41) is 2.74. The van der Waals surface area contributed by atoms with Gasteiger partial charge in [-0.15, -0.1) is 22.7 Å². The Hall–Kier alpha value is -1.84. The van der Waals surface area contributed by atoms with Gasteiger partial charge in [0.2, 0.25) is 0 Å². The molecule has 0 saturated carbocycles. The number of nitrogens with zero attached hydrogens (tertiary/aromatic N) is 1. The van der Waals surface area contributed by atoms with E-state index in [4.69, 9.17) is 0 Å². The molecule has 1 aromatic carbocycles. The third-order valence-electron chi connectivity index (χ3n) is 3.15. The Morgan fingerprint density at radius 1 is 1.08 bits per heavy atom. The highest BCUT2D eigenvalue weighted by Crippen LogP contribution is 2.34. The van der Waals surface area contributed by atoms with E-state index in [-0.39, 0.29) is 10.6 Å². The first-order valence-corrected chi connectivity index (χ1v) is 9.94. The van der Waals surface area contributed by atoms with Crippen molar-refractivity contribution < 1.29 is 17.2 Å². The lowest BCUT2D eigenvalue weighted by atomic mass is 10.3. The third-order valence-corrected chi connectivity index (χ3v) is 6.63. The summed E-state index contributed by atoms with van der Waals surface area (Å²) >= 11 is 2.78. The summed E-state index contributed by atoms with van der Waals surface area (Å²) in [6.45, 7) is 3.54. The van der Waals surface area contributed by atoms with Crippen LogP contribution in [0.3, 0.4) is 0 Å². The van der Waals surface area contributed by atoms with Gasteiger partial charge < -0.3 is 0 Å². The van der Waals surface area contributed by atoms with Gasteiger partial charge in [-0.05, 0) is 32.0 Å². The van der Waals surface area contributed by atoms with Gasteiger partial charge in [0, 0.05) is 16.3 Å². The summed E-state index contributed by atoms with van der Waals surface area (Å²) < 4.78 is 53.7. The van der Waals surface area contributed by atoms with Crippen molar-refractivity contribution in [3.8, 4) is 10.6 Å². The van der Waals surface area contributed by atoms with Gasteiger partial charge in [-0.1, -0.05) is 0 Å². The number of anilines is 1. The maximum atomic E-state index is 13.2. The Morgan fingerprint density at radius 3 is 2.33 bits per heavy atom. The van der Waals surface area contributed by atoms with Crippen LogP contribution in [0, 0.1) is 25.5 Å². The fourth-order valence-corrected chi connectivity index (χ4v) is 5.44. The molecule has 0 unspecified atom stereocenters. The van der Waals surface area contributed by atoms with Crippen LogP contribution in [0.15, 0.2) is 34.5 Å². The summed E-state index contributed by atoms with van der Waals surface area (Å²) in [5.74, 6) is -1.71. The molecule has 0 atom stereocenters. The average molecular weight is 386 g/mol. The van der Waals surface area contributed by atoms with Crippen molar-refractivity contribution in [2.75, 3.05) is 4.72 Å². The lowest BCUT2D eigenvalue weighted by Crippen LogP contribution is -2.13. The first-order chi connectivity index (χ1) is 11.2. The zero-order valence-corrected chi connectivity index (χ0v) is 15.1. The minimum atomic E-state index is -3.96. The van der Waals surface area contributed by atoms with Gasteiger partial charge >= 0.3 is 0 Å². The molecule has 4 nitrogen and oxygen atoms in total. The maximum absolute atomic E-state index is 13.2. The van der Waals surface area contributed by atoms with Crippen molar-refractivity contribution in [2.45, 2.75) is 18.7 Å². The number of thiazole rings is 1. The zero-order valence-electron chi connectivity index (χ0n) is 12.6. The minimum Gasteiger partial charge on any atom is -0.279 e. The third kappa shape index (κ3) is 3.47. The number of hydrogen-bond acceptors (Lipinski definition) is 5. The van der Waals surface area contributed by atoms with Crippen LogP contribution in [-0.2, 0) is 10.0 Å². The number of aryl methyl sites for hydroxylation is 2. The van der Waals surface area contributed by atoms with E-state index in [1.165, 1.54) is 28.7 Å². The number of aromatic nitrogens is 1. The molecule has 3 aromatic rings. The summed E-state index contributed by atoms with van der Waals surface area (Å²) in [6.07, 6.45) is 0. The first-order valence-electron chi connectivity index (χ1n) is 6.76. The fourth-order valence-electron chi connectivity index (χ4n) is 2.16. The molecule has 0 bridgehead atoms. The maximum Gasteiger partial charge on any atom is 0.263 e. The predicted octanol–water partition coefficient (Wildman–Crippen LogP) is 4.57. The molecule has 0 aliphatic rings. The van der Waals surface area contributed by atoms with Gasteiger partial charge in [-0.25, -0.2) is 22.2 Å². The van der Waals surface area contributed by atoms with Crippen LogP contribution in [0.25, 0.3) is 10.6 Å². The van der Waals surface area contributed by atoms with E-state index in [9.17, 15) is 17.2 Å². The molecule has 2 heterocycles. The molecule has 24 heavy (non-hydrogen) atoms. The van der Waals surface area contributed by atoms with Crippen molar-refractivity contribution in [3.05, 3.63) is 51.2 Å². The Balaban J connectivity index is 1.96. The van der Waals surface area contributed by atoms with E-state index in [1.54, 1.807) is 6.92 Å². The highest BCUT2D eigenvalue weighted by Gasteiger charge is 2.22. The van der Waals surface area contributed by atoms with Crippen LogP contribution in [0.2, 0.25) is 0 Å². The fraction of sp³-hybridized carbons (Fsp3) is 0.133. The van der Waals surface area contributed by atoms with Crippen molar-refractivity contribution in [1.82, 2.24) is 4.98 Å². The van der Waals surface area contributed by atoms with Gasteiger partial charge in [0.25, 0.3) is 10.0 Å². The van der Waals surface area contributed by atoms with Gasteiger partial charge in [-0.2, -0.15) is 0 Å². The SMILES string of the molecule is Cc1nc(-c2cc(S(=O)(=O)Nc3cc(F)cc(F)c3)c(C)s2)cs1. The molecule has 0 radical (unpaired) electrons. The molecule has 3 rings (SSSR count). The highest BCUT2D eigenvalue weighted by atomic mass is 32.2. The number of sulfonamides is 1. The molecule has 1 N–H and O–H groups in total. The average Bonchev–Trinajstić information content (AvgIpc) is 3.03. The second kappa shape index (κ2) is 6.23. The summed E-state index contributed by atoms with van der Waals surface area (Å²) in [7, 11) is -3.96. The highest BCUT2D eigenvalue weighted by molar-refractivity contribution is 7.93. The second-order valence-corrected chi connectivity index (χ2v) is 9.02. The van der Waals surface area contributed by atoms with Gasteiger partial charge in [0.15, 0.2) is 0 Å². The summed E-state index contributed by atoms with van der Waals surface area (Å²) in [4.78, 5) is 5.70. The molecular weight excluding hydrogens is 374 g/mol. The molecule has 0 amide bonds. The van der Waals surface area contributed by atoms with Crippen LogP contribution in [0.4, 0.5) is 14.5 Å². The second-order valence-electron chi connectivity index (χ2n) is 5.05. The lowest BCUT2D eigenvalue weighted by Gasteiger charge is -2.07. The number of nitrogens with one attached hydrogen (secondary N) is 1. The number of benzene rings is 1. The van der Waals surface area contributed by atoms with Crippen LogP contribution in [0.5, 0.6) is 0 Å². The zero-order chi connectivity index (χ0) is 17.5. The van der Waals surface area contributed by atoms with E-state index in [2.05, 4.69) is 9.71 Å². The predicted molar refractivity (Wildman–Crippen MR) is 92.1 cm³/mol. The van der Waals surface area contributed by atoms with Gasteiger partial charge in [0.1, 0.15) is 16.5 Å². The smallest absolute Gasteiger partial charge is 0.263 e. The molecule has 0 fully saturated rings. The van der Waals surface area contributed by atoms with E-state index in [0.717, 1.165) is 22.0 Å². The van der Waals surface area contributed by atoms with Crippen LogP contribution >= 0.6 is 22.7 Å². The Kier molecular flexibility index (Phi) is 4.41. The number of halogens is 2. The topological polar surface area (TPSA) is 59.1 Å². The largest absolute Gasteiger partial charge is 0.279 e. The molecular formula is C15H12F2N2O2S3. The van der Waals surface area contributed by atoms with E-state index in [0.29, 0.717) is 16.6 Å².